The third kappa shape index (κ3) is 2.64. The predicted octanol–water partition coefficient (Wildman–Crippen LogP) is 1.57. The van der Waals surface area contributed by atoms with E-state index in [2.05, 4.69) is 15.6 Å². The molecule has 3 rings (SSSR count). The largest absolute Gasteiger partial charge is 0.308 e. The number of nitro groups is 1. The van der Waals surface area contributed by atoms with Crippen LogP contribution in [0.1, 0.15) is 18.5 Å². The molecule has 0 bridgehead atoms. The SMILES string of the molecule is O=[N+]([O-])c1ccc(F)cc1-n1cc(CNC2CC2)nn1. The molecule has 1 aromatic carbocycles. The number of benzene rings is 1. The van der Waals surface area contributed by atoms with Crippen molar-refractivity contribution in [2.45, 2.75) is 25.4 Å². The van der Waals surface area contributed by atoms with E-state index in [9.17, 15) is 14.5 Å². The van der Waals surface area contributed by atoms with Gasteiger partial charge in [-0.3, -0.25) is 10.1 Å². The molecule has 0 amide bonds. The fourth-order valence-electron chi connectivity index (χ4n) is 1.87. The van der Waals surface area contributed by atoms with E-state index in [0.717, 1.165) is 31.0 Å². The number of rotatable bonds is 5. The van der Waals surface area contributed by atoms with Crippen molar-refractivity contribution in [1.29, 1.82) is 0 Å². The minimum absolute atomic E-state index is 0.0696. The second-order valence-electron chi connectivity index (χ2n) is 4.70. The molecule has 0 spiro atoms. The molecule has 0 aliphatic heterocycles. The lowest BCUT2D eigenvalue weighted by molar-refractivity contribution is -0.384. The summed E-state index contributed by atoms with van der Waals surface area (Å²) in [6.45, 7) is 0.549. The van der Waals surface area contributed by atoms with Gasteiger partial charge in [0.2, 0.25) is 0 Å². The molecule has 7 nitrogen and oxygen atoms in total. The van der Waals surface area contributed by atoms with Crippen molar-refractivity contribution in [1.82, 2.24) is 20.3 Å². The molecular formula is C12H12FN5O2. The van der Waals surface area contributed by atoms with Gasteiger partial charge in [-0.1, -0.05) is 5.21 Å². The van der Waals surface area contributed by atoms with Gasteiger partial charge in [-0.25, -0.2) is 9.07 Å². The second-order valence-corrected chi connectivity index (χ2v) is 4.70. The van der Waals surface area contributed by atoms with Gasteiger partial charge in [0.15, 0.2) is 0 Å². The number of nitro benzene ring substituents is 1. The van der Waals surface area contributed by atoms with Gasteiger partial charge in [0, 0.05) is 24.7 Å². The lowest BCUT2D eigenvalue weighted by atomic mass is 10.2. The summed E-state index contributed by atoms with van der Waals surface area (Å²) in [5.74, 6) is -0.557. The molecule has 1 aromatic heterocycles. The minimum atomic E-state index is -0.571. The zero-order valence-electron chi connectivity index (χ0n) is 10.5. The standard InChI is InChI=1S/C12H12FN5O2/c13-8-1-4-11(18(19)20)12(5-8)17-7-10(15-16-17)6-14-9-2-3-9/h1,4-5,7,9,14H,2-3,6H2. The second kappa shape index (κ2) is 4.97. The topological polar surface area (TPSA) is 85.9 Å². The van der Waals surface area contributed by atoms with Crippen molar-refractivity contribution < 1.29 is 9.31 Å². The van der Waals surface area contributed by atoms with Crippen LogP contribution >= 0.6 is 0 Å². The fourth-order valence-corrected chi connectivity index (χ4v) is 1.87. The van der Waals surface area contributed by atoms with Gasteiger partial charge >= 0.3 is 0 Å². The lowest BCUT2D eigenvalue weighted by Crippen LogP contribution is -2.15. The van der Waals surface area contributed by atoms with Gasteiger partial charge in [-0.15, -0.1) is 5.10 Å². The molecule has 1 saturated carbocycles. The molecule has 1 aliphatic rings. The number of aromatic nitrogens is 3. The van der Waals surface area contributed by atoms with Crippen molar-refractivity contribution in [3.63, 3.8) is 0 Å². The van der Waals surface area contributed by atoms with E-state index in [1.807, 2.05) is 0 Å². The molecule has 0 radical (unpaired) electrons. The van der Waals surface area contributed by atoms with Crippen LogP contribution in [0.4, 0.5) is 10.1 Å². The highest BCUT2D eigenvalue weighted by atomic mass is 19.1. The number of nitrogens with zero attached hydrogens (tertiary/aromatic N) is 4. The van der Waals surface area contributed by atoms with Crippen LogP contribution in [0.15, 0.2) is 24.4 Å². The Kier molecular flexibility index (Phi) is 3.15. The first kappa shape index (κ1) is 12.7. The highest BCUT2D eigenvalue weighted by Gasteiger charge is 2.21. The van der Waals surface area contributed by atoms with Crippen molar-refractivity contribution in [3.8, 4) is 5.69 Å². The van der Waals surface area contributed by atoms with Crippen LogP contribution in [-0.2, 0) is 6.54 Å². The molecule has 0 saturated heterocycles. The normalized spacial score (nSPS) is 14.4. The average Bonchev–Trinajstić information content (AvgIpc) is 3.13. The third-order valence-electron chi connectivity index (χ3n) is 3.07. The quantitative estimate of drug-likeness (QED) is 0.662. The number of nitrogens with one attached hydrogen (secondary N) is 1. The molecule has 1 N–H and O–H groups in total. The molecular weight excluding hydrogens is 265 g/mol. The molecule has 0 atom stereocenters. The van der Waals surface area contributed by atoms with Crippen LogP contribution in [0.3, 0.4) is 0 Å². The summed E-state index contributed by atoms with van der Waals surface area (Å²) in [5.41, 5.74) is 0.522. The molecule has 1 aliphatic carbocycles. The summed E-state index contributed by atoms with van der Waals surface area (Å²) in [4.78, 5) is 10.4. The molecule has 104 valence electrons. The third-order valence-corrected chi connectivity index (χ3v) is 3.07. The van der Waals surface area contributed by atoms with Gasteiger partial charge < -0.3 is 5.32 Å². The van der Waals surface area contributed by atoms with E-state index in [4.69, 9.17) is 0 Å². The Morgan fingerprint density at radius 1 is 1.50 bits per heavy atom. The Morgan fingerprint density at radius 3 is 3.00 bits per heavy atom. The first-order chi connectivity index (χ1) is 9.63. The van der Waals surface area contributed by atoms with Gasteiger partial charge in [0.25, 0.3) is 5.69 Å². The monoisotopic (exact) mass is 277 g/mol. The maximum absolute atomic E-state index is 13.3. The molecule has 1 fully saturated rings. The number of halogens is 1. The Morgan fingerprint density at radius 2 is 2.30 bits per heavy atom. The number of hydrogen-bond donors (Lipinski definition) is 1. The summed E-state index contributed by atoms with van der Waals surface area (Å²) < 4.78 is 14.5. The maximum Gasteiger partial charge on any atom is 0.295 e. The molecule has 1 heterocycles. The van der Waals surface area contributed by atoms with E-state index in [1.54, 1.807) is 6.20 Å². The van der Waals surface area contributed by atoms with Crippen molar-refractivity contribution in [2.75, 3.05) is 0 Å². The van der Waals surface area contributed by atoms with Crippen LogP contribution in [0, 0.1) is 15.9 Å². The smallest absolute Gasteiger partial charge is 0.295 e. The van der Waals surface area contributed by atoms with Crippen LogP contribution in [0.5, 0.6) is 0 Å². The van der Waals surface area contributed by atoms with Gasteiger partial charge in [0.05, 0.1) is 16.8 Å². The Hall–Kier alpha value is -2.35. The first-order valence-electron chi connectivity index (χ1n) is 6.22. The van der Waals surface area contributed by atoms with Gasteiger partial charge in [0.1, 0.15) is 11.5 Å². The summed E-state index contributed by atoms with van der Waals surface area (Å²) in [6, 6.07) is 3.77. The van der Waals surface area contributed by atoms with E-state index < -0.39 is 10.7 Å². The summed E-state index contributed by atoms with van der Waals surface area (Å²) >= 11 is 0. The summed E-state index contributed by atoms with van der Waals surface area (Å²) in [6.07, 6.45) is 3.88. The average molecular weight is 277 g/mol. The van der Waals surface area contributed by atoms with E-state index in [-0.39, 0.29) is 11.4 Å². The number of hydrogen-bond acceptors (Lipinski definition) is 5. The van der Waals surface area contributed by atoms with E-state index >= 15 is 0 Å². The van der Waals surface area contributed by atoms with E-state index in [0.29, 0.717) is 18.3 Å². The van der Waals surface area contributed by atoms with Crippen molar-refractivity contribution in [2.24, 2.45) is 0 Å². The van der Waals surface area contributed by atoms with E-state index in [1.165, 1.54) is 4.68 Å². The first-order valence-corrected chi connectivity index (χ1v) is 6.22. The summed E-state index contributed by atoms with van der Waals surface area (Å²) in [5, 5.41) is 22.0. The van der Waals surface area contributed by atoms with Crippen LogP contribution < -0.4 is 5.32 Å². The Bertz CT molecular complexity index is 653. The minimum Gasteiger partial charge on any atom is -0.308 e. The molecule has 2 aromatic rings. The molecule has 8 heteroatoms. The zero-order valence-corrected chi connectivity index (χ0v) is 10.5. The van der Waals surface area contributed by atoms with Crippen molar-refractivity contribution in [3.05, 3.63) is 46.0 Å². The van der Waals surface area contributed by atoms with Crippen LogP contribution in [0.25, 0.3) is 5.69 Å². The van der Waals surface area contributed by atoms with Crippen molar-refractivity contribution >= 4 is 5.69 Å². The van der Waals surface area contributed by atoms with Gasteiger partial charge in [-0.05, 0) is 18.9 Å². The zero-order chi connectivity index (χ0) is 14.1. The van der Waals surface area contributed by atoms with Crippen LogP contribution in [-0.4, -0.2) is 26.0 Å². The van der Waals surface area contributed by atoms with Crippen LogP contribution in [0.2, 0.25) is 0 Å². The predicted molar refractivity (Wildman–Crippen MR) is 67.8 cm³/mol. The lowest BCUT2D eigenvalue weighted by Gasteiger charge is -2.01. The summed E-state index contributed by atoms with van der Waals surface area (Å²) in [7, 11) is 0. The highest BCUT2D eigenvalue weighted by molar-refractivity contribution is 5.51. The Balaban J connectivity index is 1.87. The van der Waals surface area contributed by atoms with Gasteiger partial charge in [-0.2, -0.15) is 0 Å². The fraction of sp³-hybridized carbons (Fsp3) is 0.333. The Labute approximate surface area is 113 Å². The molecule has 0 unspecified atom stereocenters. The molecule has 20 heavy (non-hydrogen) atoms. The highest BCUT2D eigenvalue weighted by Crippen LogP contribution is 2.23. The maximum atomic E-state index is 13.3.